The molecule has 1 N–H and O–H groups in total. The van der Waals surface area contributed by atoms with Crippen LogP contribution in [0.4, 0.5) is 0 Å². The highest BCUT2D eigenvalue weighted by Crippen LogP contribution is 2.16. The standard InChI is InChI=1S/C20H34N4O.HI/c1-17-7-5-13-24(16-17)20(21-2)22-15-18-8-10-19(11-9-18)25-14-6-12-23(3)4;/h8-11,17H,5-7,12-16H2,1-4H3,(H,21,22);1H. The molecule has 1 atom stereocenters. The predicted octanol–water partition coefficient (Wildman–Crippen LogP) is 3.44. The molecule has 1 aromatic rings. The number of hydrogen-bond acceptors (Lipinski definition) is 3. The molecule has 1 saturated heterocycles. The van der Waals surface area contributed by atoms with Gasteiger partial charge in [-0.15, -0.1) is 24.0 Å². The van der Waals surface area contributed by atoms with Crippen molar-refractivity contribution in [2.24, 2.45) is 10.9 Å². The van der Waals surface area contributed by atoms with Crippen LogP contribution < -0.4 is 10.1 Å². The van der Waals surface area contributed by atoms with E-state index in [1.807, 2.05) is 7.05 Å². The van der Waals surface area contributed by atoms with Crippen LogP contribution in [-0.2, 0) is 6.54 Å². The average Bonchev–Trinajstić information content (AvgIpc) is 2.60. The van der Waals surface area contributed by atoms with Crippen molar-refractivity contribution in [2.45, 2.75) is 32.7 Å². The van der Waals surface area contributed by atoms with Gasteiger partial charge in [-0.1, -0.05) is 19.1 Å². The molecular weight excluding hydrogens is 439 g/mol. The number of likely N-dealkylation sites (tertiary alicyclic amines) is 1. The third kappa shape index (κ3) is 8.12. The Morgan fingerprint density at radius 3 is 2.65 bits per heavy atom. The molecular formula is C20H35IN4O. The highest BCUT2D eigenvalue weighted by molar-refractivity contribution is 14.0. The lowest BCUT2D eigenvalue weighted by atomic mass is 10.0. The zero-order valence-electron chi connectivity index (χ0n) is 16.7. The second-order valence-electron chi connectivity index (χ2n) is 7.24. The summed E-state index contributed by atoms with van der Waals surface area (Å²) in [6, 6.07) is 8.36. The van der Waals surface area contributed by atoms with Gasteiger partial charge in [-0.25, -0.2) is 0 Å². The summed E-state index contributed by atoms with van der Waals surface area (Å²) in [5, 5.41) is 3.49. The number of guanidine groups is 1. The van der Waals surface area contributed by atoms with Gasteiger partial charge in [0.05, 0.1) is 6.61 Å². The van der Waals surface area contributed by atoms with Crippen LogP contribution in [0.3, 0.4) is 0 Å². The number of nitrogens with zero attached hydrogens (tertiary/aromatic N) is 3. The van der Waals surface area contributed by atoms with Gasteiger partial charge in [0.25, 0.3) is 0 Å². The Kier molecular flexibility index (Phi) is 11.0. The molecule has 2 rings (SSSR count). The lowest BCUT2D eigenvalue weighted by molar-refractivity contribution is 0.266. The van der Waals surface area contributed by atoms with Crippen LogP contribution in [0.25, 0.3) is 0 Å². The number of aliphatic imine (C=N–C) groups is 1. The van der Waals surface area contributed by atoms with Crippen LogP contribution in [0.1, 0.15) is 31.7 Å². The minimum atomic E-state index is 0. The molecule has 0 amide bonds. The fourth-order valence-corrected chi connectivity index (χ4v) is 3.17. The number of ether oxygens (including phenoxy) is 1. The zero-order valence-corrected chi connectivity index (χ0v) is 19.0. The number of hydrogen-bond donors (Lipinski definition) is 1. The second-order valence-corrected chi connectivity index (χ2v) is 7.24. The number of piperidine rings is 1. The van der Waals surface area contributed by atoms with Crippen LogP contribution in [0.15, 0.2) is 29.3 Å². The predicted molar refractivity (Wildman–Crippen MR) is 121 cm³/mol. The van der Waals surface area contributed by atoms with Crippen molar-refractivity contribution in [1.82, 2.24) is 15.1 Å². The maximum absolute atomic E-state index is 5.79. The van der Waals surface area contributed by atoms with Crippen LogP contribution in [0.5, 0.6) is 5.75 Å². The molecule has 1 aromatic carbocycles. The molecule has 1 fully saturated rings. The topological polar surface area (TPSA) is 40.1 Å². The minimum Gasteiger partial charge on any atom is -0.494 e. The molecule has 1 aliphatic heterocycles. The van der Waals surface area contributed by atoms with Crippen LogP contribution in [0.2, 0.25) is 0 Å². The third-order valence-corrected chi connectivity index (χ3v) is 4.56. The molecule has 0 radical (unpaired) electrons. The van der Waals surface area contributed by atoms with Gasteiger partial charge in [-0.2, -0.15) is 0 Å². The number of halogens is 1. The van der Waals surface area contributed by atoms with E-state index in [9.17, 15) is 0 Å². The Hall–Kier alpha value is -1.02. The first-order valence-corrected chi connectivity index (χ1v) is 9.40. The van der Waals surface area contributed by atoms with Crippen molar-refractivity contribution < 1.29 is 4.74 Å². The molecule has 0 saturated carbocycles. The Morgan fingerprint density at radius 1 is 1.31 bits per heavy atom. The molecule has 0 bridgehead atoms. The summed E-state index contributed by atoms with van der Waals surface area (Å²) >= 11 is 0. The monoisotopic (exact) mass is 474 g/mol. The zero-order chi connectivity index (χ0) is 18.1. The SMILES string of the molecule is CN=C(NCc1ccc(OCCCN(C)C)cc1)N1CCCC(C)C1.I. The fourth-order valence-electron chi connectivity index (χ4n) is 3.17. The largest absolute Gasteiger partial charge is 0.494 e. The lowest BCUT2D eigenvalue weighted by Crippen LogP contribution is -2.45. The minimum absolute atomic E-state index is 0. The Morgan fingerprint density at radius 2 is 2.04 bits per heavy atom. The molecule has 0 spiro atoms. The lowest BCUT2D eigenvalue weighted by Gasteiger charge is -2.33. The first-order chi connectivity index (χ1) is 12.1. The van der Waals surface area contributed by atoms with E-state index in [1.54, 1.807) is 0 Å². The Bertz CT molecular complexity index is 533. The van der Waals surface area contributed by atoms with Crippen molar-refractivity contribution in [1.29, 1.82) is 0 Å². The molecule has 0 aliphatic carbocycles. The molecule has 1 aliphatic rings. The van der Waals surface area contributed by atoms with Crippen molar-refractivity contribution in [3.8, 4) is 5.75 Å². The van der Waals surface area contributed by atoms with Gasteiger partial charge >= 0.3 is 0 Å². The number of rotatable bonds is 7. The molecule has 26 heavy (non-hydrogen) atoms. The summed E-state index contributed by atoms with van der Waals surface area (Å²) in [5.74, 6) is 2.70. The smallest absolute Gasteiger partial charge is 0.193 e. The average molecular weight is 474 g/mol. The van der Waals surface area contributed by atoms with Crippen molar-refractivity contribution in [2.75, 3.05) is 47.4 Å². The van der Waals surface area contributed by atoms with Gasteiger partial charge in [0.1, 0.15) is 5.75 Å². The number of nitrogens with one attached hydrogen (secondary N) is 1. The van der Waals surface area contributed by atoms with Gasteiger partial charge in [0.15, 0.2) is 5.96 Å². The third-order valence-electron chi connectivity index (χ3n) is 4.56. The summed E-state index contributed by atoms with van der Waals surface area (Å²) in [6.45, 7) is 7.12. The van der Waals surface area contributed by atoms with Crippen molar-refractivity contribution >= 4 is 29.9 Å². The van der Waals surface area contributed by atoms with E-state index in [0.717, 1.165) is 56.8 Å². The summed E-state index contributed by atoms with van der Waals surface area (Å²) in [5.41, 5.74) is 1.24. The molecule has 1 heterocycles. The van der Waals surface area contributed by atoms with Crippen molar-refractivity contribution in [3.05, 3.63) is 29.8 Å². The highest BCUT2D eigenvalue weighted by Gasteiger charge is 2.18. The van der Waals surface area contributed by atoms with Crippen LogP contribution in [-0.4, -0.2) is 63.1 Å². The maximum atomic E-state index is 5.79. The fraction of sp³-hybridized carbons (Fsp3) is 0.650. The Balaban J connectivity index is 0.00000338. The van der Waals surface area contributed by atoms with Gasteiger partial charge in [0, 0.05) is 33.2 Å². The molecule has 5 nitrogen and oxygen atoms in total. The van der Waals surface area contributed by atoms with Gasteiger partial charge in [-0.3, -0.25) is 4.99 Å². The van der Waals surface area contributed by atoms with E-state index in [0.29, 0.717) is 0 Å². The first kappa shape index (κ1) is 23.0. The summed E-state index contributed by atoms with van der Waals surface area (Å²) in [6.07, 6.45) is 3.62. The van der Waals surface area contributed by atoms with E-state index in [-0.39, 0.29) is 24.0 Å². The molecule has 0 aromatic heterocycles. The Labute approximate surface area is 176 Å². The first-order valence-electron chi connectivity index (χ1n) is 9.40. The van der Waals surface area contributed by atoms with Gasteiger partial charge < -0.3 is 19.9 Å². The maximum Gasteiger partial charge on any atom is 0.193 e. The number of benzene rings is 1. The molecule has 1 unspecified atom stereocenters. The highest BCUT2D eigenvalue weighted by atomic mass is 127. The van der Waals surface area contributed by atoms with E-state index in [1.165, 1.54) is 18.4 Å². The van der Waals surface area contributed by atoms with E-state index in [2.05, 4.69) is 65.4 Å². The molecule has 6 heteroatoms. The quantitative estimate of drug-likeness (QED) is 0.285. The van der Waals surface area contributed by atoms with Crippen LogP contribution >= 0.6 is 24.0 Å². The van der Waals surface area contributed by atoms with Crippen molar-refractivity contribution in [3.63, 3.8) is 0 Å². The molecule has 148 valence electrons. The second kappa shape index (κ2) is 12.4. The van der Waals surface area contributed by atoms with E-state index < -0.39 is 0 Å². The summed E-state index contributed by atoms with van der Waals surface area (Å²) in [4.78, 5) is 8.99. The summed E-state index contributed by atoms with van der Waals surface area (Å²) in [7, 11) is 6.03. The van der Waals surface area contributed by atoms with E-state index in [4.69, 9.17) is 4.74 Å². The normalized spacial score (nSPS) is 17.8. The van der Waals surface area contributed by atoms with Gasteiger partial charge in [-0.05, 0) is 57.0 Å². The van der Waals surface area contributed by atoms with Gasteiger partial charge in [0.2, 0.25) is 0 Å². The summed E-state index contributed by atoms with van der Waals surface area (Å²) < 4.78 is 5.79. The van der Waals surface area contributed by atoms with E-state index >= 15 is 0 Å². The van der Waals surface area contributed by atoms with Crippen LogP contribution in [0, 0.1) is 5.92 Å².